The van der Waals surface area contributed by atoms with Crippen LogP contribution in [0.2, 0.25) is 0 Å². The molecule has 1 saturated carbocycles. The molecule has 114 valence electrons. The molecule has 0 atom stereocenters. The Hall–Kier alpha value is -0.370. The summed E-state index contributed by atoms with van der Waals surface area (Å²) in [5, 5.41) is 2.95. The molecule has 0 bridgehead atoms. The summed E-state index contributed by atoms with van der Waals surface area (Å²) < 4.78 is 32.9. The fourth-order valence-electron chi connectivity index (χ4n) is 2.14. The monoisotopic (exact) mass is 364 g/mol. The van der Waals surface area contributed by atoms with E-state index in [9.17, 15) is 8.42 Å². The van der Waals surface area contributed by atoms with Crippen LogP contribution in [-0.4, -0.2) is 32.4 Å². The van der Waals surface area contributed by atoms with Crippen LogP contribution in [0.4, 0.5) is 0 Å². The average Bonchev–Trinajstić information content (AvgIpc) is 3.14. The standard InChI is InChI=1S/C13H21BrN2O3S/c1-3-4-7-16(10-5-6-10)20(17,18)12-8-11(9-15-2)19-13(12)14/h8,10,15H,3-7,9H2,1-2H3. The first-order valence-electron chi connectivity index (χ1n) is 6.95. The van der Waals surface area contributed by atoms with Crippen LogP contribution >= 0.6 is 15.9 Å². The minimum absolute atomic E-state index is 0.168. The second-order valence-electron chi connectivity index (χ2n) is 5.08. The lowest BCUT2D eigenvalue weighted by atomic mass is 10.3. The van der Waals surface area contributed by atoms with Crippen LogP contribution in [0, 0.1) is 0 Å². The van der Waals surface area contributed by atoms with Gasteiger partial charge in [0, 0.05) is 18.7 Å². The van der Waals surface area contributed by atoms with Crippen LogP contribution in [0.3, 0.4) is 0 Å². The summed E-state index contributed by atoms with van der Waals surface area (Å²) in [6, 6.07) is 1.78. The number of hydrogen-bond acceptors (Lipinski definition) is 4. The molecule has 0 amide bonds. The Morgan fingerprint density at radius 3 is 2.75 bits per heavy atom. The van der Waals surface area contributed by atoms with Crippen molar-refractivity contribution in [3.05, 3.63) is 16.5 Å². The summed E-state index contributed by atoms with van der Waals surface area (Å²) in [5.41, 5.74) is 0. The highest BCUT2D eigenvalue weighted by atomic mass is 79.9. The smallest absolute Gasteiger partial charge is 0.247 e. The Morgan fingerprint density at radius 2 is 2.20 bits per heavy atom. The van der Waals surface area contributed by atoms with Crippen molar-refractivity contribution in [3.8, 4) is 0 Å². The first kappa shape index (κ1) is 16.0. The van der Waals surface area contributed by atoms with Gasteiger partial charge in [0.25, 0.3) is 0 Å². The summed E-state index contributed by atoms with van der Waals surface area (Å²) in [6.07, 6.45) is 3.79. The lowest BCUT2D eigenvalue weighted by Crippen LogP contribution is -2.34. The van der Waals surface area contributed by atoms with E-state index in [4.69, 9.17) is 4.42 Å². The number of sulfonamides is 1. The number of furan rings is 1. The summed E-state index contributed by atoms with van der Waals surface area (Å²) in [5.74, 6) is 0.615. The summed E-state index contributed by atoms with van der Waals surface area (Å²) >= 11 is 3.23. The van der Waals surface area contributed by atoms with Crippen LogP contribution < -0.4 is 5.32 Å². The van der Waals surface area contributed by atoms with E-state index in [2.05, 4.69) is 28.2 Å². The van der Waals surface area contributed by atoms with E-state index in [-0.39, 0.29) is 10.9 Å². The SMILES string of the molecule is CCCCN(C1CC1)S(=O)(=O)c1cc(CNC)oc1Br. The lowest BCUT2D eigenvalue weighted by molar-refractivity contribution is 0.394. The maximum absolute atomic E-state index is 12.8. The van der Waals surface area contributed by atoms with Crippen molar-refractivity contribution in [2.75, 3.05) is 13.6 Å². The molecule has 0 aliphatic heterocycles. The lowest BCUT2D eigenvalue weighted by Gasteiger charge is -2.20. The third-order valence-electron chi connectivity index (χ3n) is 3.33. The molecule has 1 heterocycles. The molecule has 1 fully saturated rings. The Morgan fingerprint density at radius 1 is 1.50 bits per heavy atom. The Balaban J connectivity index is 2.27. The third-order valence-corrected chi connectivity index (χ3v) is 6.14. The summed E-state index contributed by atoms with van der Waals surface area (Å²) in [7, 11) is -1.68. The zero-order valence-corrected chi connectivity index (χ0v) is 14.3. The van der Waals surface area contributed by atoms with E-state index < -0.39 is 10.0 Å². The number of unbranched alkanes of at least 4 members (excludes halogenated alkanes) is 1. The van der Waals surface area contributed by atoms with Gasteiger partial charge in [-0.2, -0.15) is 4.31 Å². The van der Waals surface area contributed by atoms with Crippen molar-refractivity contribution in [1.82, 2.24) is 9.62 Å². The Bertz CT molecular complexity index is 552. The van der Waals surface area contributed by atoms with E-state index in [1.165, 1.54) is 0 Å². The topological polar surface area (TPSA) is 62.6 Å². The highest BCUT2D eigenvalue weighted by Gasteiger charge is 2.39. The molecule has 1 N–H and O–H groups in total. The molecule has 1 aromatic heterocycles. The quantitative estimate of drug-likeness (QED) is 0.770. The van der Waals surface area contributed by atoms with E-state index >= 15 is 0 Å². The van der Waals surface area contributed by atoms with Crippen LogP contribution in [0.25, 0.3) is 0 Å². The van der Waals surface area contributed by atoms with Gasteiger partial charge in [-0.25, -0.2) is 8.42 Å². The number of nitrogens with one attached hydrogen (secondary N) is 1. The molecule has 5 nitrogen and oxygen atoms in total. The first-order valence-corrected chi connectivity index (χ1v) is 9.18. The minimum atomic E-state index is -3.47. The molecule has 1 aliphatic carbocycles. The van der Waals surface area contributed by atoms with Crippen molar-refractivity contribution < 1.29 is 12.8 Å². The van der Waals surface area contributed by atoms with Gasteiger partial charge in [-0.1, -0.05) is 13.3 Å². The predicted octanol–water partition coefficient (Wildman–Crippen LogP) is 2.71. The second-order valence-corrected chi connectivity index (χ2v) is 7.66. The molecule has 0 aromatic carbocycles. The average molecular weight is 365 g/mol. The molecule has 0 radical (unpaired) electrons. The van der Waals surface area contributed by atoms with Gasteiger partial charge in [0.2, 0.25) is 10.0 Å². The molecule has 0 spiro atoms. The fraction of sp³-hybridized carbons (Fsp3) is 0.692. The van der Waals surface area contributed by atoms with Crippen LogP contribution in [0.5, 0.6) is 0 Å². The Kier molecular flexibility index (Phi) is 5.28. The van der Waals surface area contributed by atoms with Gasteiger partial charge in [-0.3, -0.25) is 0 Å². The van der Waals surface area contributed by atoms with Gasteiger partial charge >= 0.3 is 0 Å². The molecule has 0 saturated heterocycles. The second kappa shape index (κ2) is 6.60. The van der Waals surface area contributed by atoms with Crippen LogP contribution in [-0.2, 0) is 16.6 Å². The normalized spacial score (nSPS) is 16.0. The molecule has 1 aliphatic rings. The van der Waals surface area contributed by atoms with Crippen molar-refractivity contribution in [2.24, 2.45) is 0 Å². The van der Waals surface area contributed by atoms with E-state index in [1.807, 2.05) is 0 Å². The number of hydrogen-bond donors (Lipinski definition) is 1. The van der Waals surface area contributed by atoms with Gasteiger partial charge in [0.15, 0.2) is 4.67 Å². The van der Waals surface area contributed by atoms with E-state index in [0.717, 1.165) is 25.7 Å². The first-order chi connectivity index (χ1) is 9.50. The largest absolute Gasteiger partial charge is 0.452 e. The maximum atomic E-state index is 12.8. The summed E-state index contributed by atoms with van der Waals surface area (Å²) in [6.45, 7) is 3.16. The maximum Gasteiger partial charge on any atom is 0.247 e. The molecular formula is C13H21BrN2O3S. The molecule has 0 unspecified atom stereocenters. The van der Waals surface area contributed by atoms with Crippen molar-refractivity contribution in [3.63, 3.8) is 0 Å². The van der Waals surface area contributed by atoms with Gasteiger partial charge in [-0.05, 0) is 42.2 Å². The number of nitrogens with zero attached hydrogens (tertiary/aromatic N) is 1. The fourth-order valence-corrected chi connectivity index (χ4v) is 4.82. The third kappa shape index (κ3) is 3.44. The Labute approximate surface area is 128 Å². The molecule has 20 heavy (non-hydrogen) atoms. The van der Waals surface area contributed by atoms with E-state index in [0.29, 0.717) is 23.5 Å². The van der Waals surface area contributed by atoms with Crippen molar-refractivity contribution in [1.29, 1.82) is 0 Å². The minimum Gasteiger partial charge on any atom is -0.452 e. The van der Waals surface area contributed by atoms with Crippen LogP contribution in [0.15, 0.2) is 20.0 Å². The molecule has 7 heteroatoms. The van der Waals surface area contributed by atoms with Gasteiger partial charge in [-0.15, -0.1) is 0 Å². The van der Waals surface area contributed by atoms with Gasteiger partial charge in [0.05, 0.1) is 6.54 Å². The highest BCUT2D eigenvalue weighted by molar-refractivity contribution is 9.10. The van der Waals surface area contributed by atoms with Crippen molar-refractivity contribution >= 4 is 26.0 Å². The van der Waals surface area contributed by atoms with Crippen molar-refractivity contribution in [2.45, 2.75) is 50.1 Å². The zero-order valence-electron chi connectivity index (χ0n) is 11.9. The number of halogens is 1. The highest BCUT2D eigenvalue weighted by Crippen LogP contribution is 2.35. The molecule has 2 rings (SSSR count). The predicted molar refractivity (Wildman–Crippen MR) is 81.0 cm³/mol. The van der Waals surface area contributed by atoms with E-state index in [1.54, 1.807) is 17.4 Å². The van der Waals surface area contributed by atoms with Crippen LogP contribution in [0.1, 0.15) is 38.4 Å². The molecule has 1 aromatic rings. The number of rotatable bonds is 8. The molecular weight excluding hydrogens is 344 g/mol. The van der Waals surface area contributed by atoms with Gasteiger partial charge in [0.1, 0.15) is 10.7 Å². The summed E-state index contributed by atoms with van der Waals surface area (Å²) in [4.78, 5) is 0.241. The van der Waals surface area contributed by atoms with Gasteiger partial charge < -0.3 is 9.73 Å². The zero-order chi connectivity index (χ0) is 14.8.